The Bertz CT molecular complexity index is 477. The monoisotopic (exact) mass is 287 g/mol. The van der Waals surface area contributed by atoms with Crippen molar-refractivity contribution in [2.45, 2.75) is 0 Å². The van der Waals surface area contributed by atoms with Gasteiger partial charge in [-0.1, -0.05) is 0 Å². The zero-order valence-corrected chi connectivity index (χ0v) is 9.70. The molecule has 2 heterocycles. The van der Waals surface area contributed by atoms with Crippen molar-refractivity contribution in [2.24, 2.45) is 0 Å². The molecule has 1 aromatic heterocycles. The normalized spacial score (nSPS) is 13.5. The molecular formula is C8H6BrN3O4. The summed E-state index contributed by atoms with van der Waals surface area (Å²) < 4.78 is 9.73. The molecule has 0 aliphatic carbocycles. The number of hydrogen-bond donors (Lipinski definition) is 1. The first-order valence-corrected chi connectivity index (χ1v) is 4.99. The summed E-state index contributed by atoms with van der Waals surface area (Å²) in [6, 6.07) is 0. The molecule has 8 heteroatoms. The van der Waals surface area contributed by atoms with Crippen LogP contribution in [-0.4, -0.2) is 35.6 Å². The van der Waals surface area contributed by atoms with E-state index < -0.39 is 5.97 Å². The summed E-state index contributed by atoms with van der Waals surface area (Å²) in [5.74, 6) is -0.721. The van der Waals surface area contributed by atoms with Crippen molar-refractivity contribution < 1.29 is 19.1 Å². The van der Waals surface area contributed by atoms with Crippen molar-refractivity contribution in [1.29, 1.82) is 0 Å². The third-order valence-electron chi connectivity index (χ3n) is 1.80. The lowest BCUT2D eigenvalue weighted by Gasteiger charge is -2.16. The van der Waals surface area contributed by atoms with Crippen LogP contribution in [-0.2, 0) is 9.53 Å². The molecule has 1 aromatic rings. The number of fused-ring (bicyclic) bond motifs is 1. The van der Waals surface area contributed by atoms with Gasteiger partial charge in [-0.05, 0) is 15.9 Å². The number of nitrogens with zero attached hydrogens (tertiary/aromatic N) is 2. The third kappa shape index (κ3) is 1.83. The van der Waals surface area contributed by atoms with Gasteiger partial charge < -0.3 is 14.8 Å². The Morgan fingerprint density at radius 3 is 3.00 bits per heavy atom. The molecular weight excluding hydrogens is 282 g/mol. The Balaban J connectivity index is 2.46. The number of carbonyl (C=O) groups excluding carboxylic acids is 2. The molecule has 2 rings (SSSR count). The van der Waals surface area contributed by atoms with Crippen molar-refractivity contribution in [3.63, 3.8) is 0 Å². The molecule has 0 saturated heterocycles. The van der Waals surface area contributed by atoms with E-state index >= 15 is 0 Å². The second kappa shape index (κ2) is 4.05. The predicted octanol–water partition coefficient (Wildman–Crippen LogP) is 0.357. The van der Waals surface area contributed by atoms with Crippen LogP contribution < -0.4 is 10.1 Å². The molecule has 0 fully saturated rings. The van der Waals surface area contributed by atoms with Gasteiger partial charge in [0.25, 0.3) is 11.8 Å². The summed E-state index contributed by atoms with van der Waals surface area (Å²) in [7, 11) is 1.23. The molecule has 16 heavy (non-hydrogen) atoms. The van der Waals surface area contributed by atoms with E-state index in [-0.39, 0.29) is 34.5 Å². The summed E-state index contributed by atoms with van der Waals surface area (Å²) in [5.41, 5.74) is -0.0212. The average Bonchev–Trinajstić information content (AvgIpc) is 2.28. The Hall–Kier alpha value is -1.70. The van der Waals surface area contributed by atoms with Crippen LogP contribution in [0.2, 0.25) is 0 Å². The summed E-state index contributed by atoms with van der Waals surface area (Å²) >= 11 is 3.06. The van der Waals surface area contributed by atoms with Gasteiger partial charge in [0.2, 0.25) is 0 Å². The molecule has 0 radical (unpaired) electrons. The Morgan fingerprint density at radius 1 is 1.56 bits per heavy atom. The molecule has 0 bridgehead atoms. The molecule has 0 saturated carbocycles. The topological polar surface area (TPSA) is 90.4 Å². The van der Waals surface area contributed by atoms with Gasteiger partial charge in [0.1, 0.15) is 4.60 Å². The summed E-state index contributed by atoms with van der Waals surface area (Å²) in [4.78, 5) is 30.1. The lowest BCUT2D eigenvalue weighted by atomic mass is 10.4. The first-order chi connectivity index (χ1) is 7.61. The van der Waals surface area contributed by atoms with Crippen LogP contribution >= 0.6 is 15.9 Å². The predicted molar refractivity (Wildman–Crippen MR) is 55.2 cm³/mol. The molecule has 0 atom stereocenters. The van der Waals surface area contributed by atoms with Crippen LogP contribution in [0.3, 0.4) is 0 Å². The van der Waals surface area contributed by atoms with Crippen molar-refractivity contribution in [1.82, 2.24) is 9.97 Å². The maximum Gasteiger partial charge on any atom is 0.359 e. The molecule has 84 valence electrons. The number of hydrogen-bond acceptors (Lipinski definition) is 6. The quantitative estimate of drug-likeness (QED) is 0.750. The molecule has 0 unspecified atom stereocenters. The van der Waals surface area contributed by atoms with Gasteiger partial charge in [-0.25, -0.2) is 14.8 Å². The Morgan fingerprint density at radius 2 is 2.31 bits per heavy atom. The van der Waals surface area contributed by atoms with Crippen molar-refractivity contribution >= 4 is 33.6 Å². The minimum Gasteiger partial charge on any atom is -0.465 e. The highest BCUT2D eigenvalue weighted by molar-refractivity contribution is 9.10. The number of methoxy groups -OCH3 is 1. The molecule has 1 amide bonds. The molecule has 7 nitrogen and oxygen atoms in total. The average molecular weight is 288 g/mol. The van der Waals surface area contributed by atoms with Crippen molar-refractivity contribution in [3.8, 4) is 5.88 Å². The van der Waals surface area contributed by atoms with E-state index in [0.717, 1.165) is 0 Å². The smallest absolute Gasteiger partial charge is 0.359 e. The fourth-order valence-corrected chi connectivity index (χ4v) is 1.52. The number of carbonyl (C=O) groups is 2. The number of halogens is 1. The molecule has 0 spiro atoms. The van der Waals surface area contributed by atoms with Gasteiger partial charge in [-0.3, -0.25) is 4.79 Å². The van der Waals surface area contributed by atoms with E-state index in [0.29, 0.717) is 0 Å². The van der Waals surface area contributed by atoms with Crippen LogP contribution in [0.15, 0.2) is 4.60 Å². The highest BCUT2D eigenvalue weighted by Crippen LogP contribution is 2.27. The van der Waals surface area contributed by atoms with Crippen molar-refractivity contribution in [3.05, 3.63) is 10.3 Å². The lowest BCUT2D eigenvalue weighted by molar-refractivity contribution is -0.118. The first kappa shape index (κ1) is 10.8. The number of ether oxygens (including phenoxy) is 2. The van der Waals surface area contributed by atoms with E-state index in [1.54, 1.807) is 0 Å². The van der Waals surface area contributed by atoms with Gasteiger partial charge in [0.15, 0.2) is 18.1 Å². The van der Waals surface area contributed by atoms with E-state index in [1.165, 1.54) is 7.11 Å². The number of rotatable bonds is 1. The zero-order valence-electron chi connectivity index (χ0n) is 8.11. The standard InChI is InChI=1S/C8H6BrN3O4/c1-15-8(14)4-5(9)12-7-6(11-4)10-3(13)2-16-7/h2H2,1H3,(H,10,11,13). The van der Waals surface area contributed by atoms with E-state index in [9.17, 15) is 9.59 Å². The summed E-state index contributed by atoms with van der Waals surface area (Å²) in [6.45, 7) is -0.119. The number of aromatic nitrogens is 2. The van der Waals surface area contributed by atoms with Crippen LogP contribution in [0.4, 0.5) is 5.82 Å². The van der Waals surface area contributed by atoms with Crippen molar-refractivity contribution in [2.75, 3.05) is 19.0 Å². The number of amides is 1. The fraction of sp³-hybridized carbons (Fsp3) is 0.250. The minimum atomic E-state index is -0.651. The summed E-state index contributed by atoms with van der Waals surface area (Å²) in [6.07, 6.45) is 0. The van der Waals surface area contributed by atoms with Crippen LogP contribution in [0.5, 0.6) is 5.88 Å². The maximum absolute atomic E-state index is 11.3. The van der Waals surface area contributed by atoms with Crippen LogP contribution in [0.1, 0.15) is 10.5 Å². The molecule has 1 aliphatic heterocycles. The lowest BCUT2D eigenvalue weighted by Crippen LogP contribution is -2.27. The third-order valence-corrected chi connectivity index (χ3v) is 2.35. The number of nitrogens with one attached hydrogen (secondary N) is 1. The zero-order chi connectivity index (χ0) is 11.7. The minimum absolute atomic E-state index is 0.0212. The van der Waals surface area contributed by atoms with Crippen LogP contribution in [0.25, 0.3) is 0 Å². The Labute approximate surface area is 98.3 Å². The number of anilines is 1. The second-order valence-corrected chi connectivity index (χ2v) is 3.60. The summed E-state index contributed by atoms with van der Waals surface area (Å²) in [5, 5.41) is 2.44. The van der Waals surface area contributed by atoms with E-state index in [2.05, 4.69) is 36.0 Å². The van der Waals surface area contributed by atoms with Gasteiger partial charge in [0.05, 0.1) is 7.11 Å². The van der Waals surface area contributed by atoms with Gasteiger partial charge in [-0.15, -0.1) is 0 Å². The van der Waals surface area contributed by atoms with Gasteiger partial charge in [0, 0.05) is 0 Å². The largest absolute Gasteiger partial charge is 0.465 e. The molecule has 0 aromatic carbocycles. The van der Waals surface area contributed by atoms with Gasteiger partial charge >= 0.3 is 5.97 Å². The Kier molecular flexibility index (Phi) is 2.73. The first-order valence-electron chi connectivity index (χ1n) is 4.20. The number of esters is 1. The molecule has 1 N–H and O–H groups in total. The molecule has 1 aliphatic rings. The van der Waals surface area contributed by atoms with E-state index in [1.807, 2.05) is 0 Å². The highest BCUT2D eigenvalue weighted by atomic mass is 79.9. The van der Waals surface area contributed by atoms with Gasteiger partial charge in [-0.2, -0.15) is 0 Å². The highest BCUT2D eigenvalue weighted by Gasteiger charge is 2.24. The maximum atomic E-state index is 11.3. The second-order valence-electron chi connectivity index (χ2n) is 2.85. The van der Waals surface area contributed by atoms with Crippen LogP contribution in [0, 0.1) is 0 Å². The van der Waals surface area contributed by atoms with E-state index in [4.69, 9.17) is 4.74 Å². The fourth-order valence-electron chi connectivity index (χ4n) is 1.11. The SMILES string of the molecule is COC(=O)c1nc2c(nc1Br)OCC(=O)N2.